The highest BCUT2D eigenvalue weighted by atomic mass is 19.4. The van der Waals surface area contributed by atoms with Crippen LogP contribution in [0.4, 0.5) is 23.4 Å². The number of aliphatic carboxylic acids is 1. The summed E-state index contributed by atoms with van der Waals surface area (Å²) in [7, 11) is 0. The van der Waals surface area contributed by atoms with Gasteiger partial charge >= 0.3 is 18.1 Å². The maximum atomic E-state index is 15.3. The van der Waals surface area contributed by atoms with Crippen LogP contribution in [0.5, 0.6) is 5.75 Å². The maximum Gasteiger partial charge on any atom is 0.490 e. The summed E-state index contributed by atoms with van der Waals surface area (Å²) in [5.41, 5.74) is 6.65. The van der Waals surface area contributed by atoms with E-state index in [-0.39, 0.29) is 41.2 Å². The molecule has 1 aliphatic rings. The lowest BCUT2D eigenvalue weighted by atomic mass is 9.79. The van der Waals surface area contributed by atoms with Crippen LogP contribution in [0.15, 0.2) is 35.2 Å². The van der Waals surface area contributed by atoms with Gasteiger partial charge < -0.3 is 25.1 Å². The second-order valence-electron chi connectivity index (χ2n) is 7.32. The molecule has 1 saturated carbocycles. The molecule has 3 aromatic rings. The molecule has 0 amide bonds. The van der Waals surface area contributed by atoms with Crippen LogP contribution in [0.2, 0.25) is 0 Å². The fourth-order valence-corrected chi connectivity index (χ4v) is 3.04. The van der Waals surface area contributed by atoms with Gasteiger partial charge in [0.15, 0.2) is 23.9 Å². The third kappa shape index (κ3) is 6.22. The van der Waals surface area contributed by atoms with E-state index >= 15 is 4.39 Å². The summed E-state index contributed by atoms with van der Waals surface area (Å²) in [6, 6.07) is 3.48. The van der Waals surface area contributed by atoms with Gasteiger partial charge in [-0.05, 0) is 24.8 Å². The summed E-state index contributed by atoms with van der Waals surface area (Å²) in [6.45, 7) is -0.194. The first-order chi connectivity index (χ1) is 16.5. The Hall–Kier alpha value is -4.23. The third-order valence-corrected chi connectivity index (χ3v) is 4.97. The first kappa shape index (κ1) is 25.4. The number of nitrogens with two attached hydrogens (primary N) is 1. The maximum absolute atomic E-state index is 15.3. The van der Waals surface area contributed by atoms with Gasteiger partial charge in [-0.25, -0.2) is 23.9 Å². The molecule has 10 nitrogen and oxygen atoms in total. The number of carbonyl (C=O) groups is 2. The Labute approximate surface area is 194 Å². The lowest BCUT2D eigenvalue weighted by Crippen LogP contribution is -2.21. The van der Waals surface area contributed by atoms with Gasteiger partial charge in [0.1, 0.15) is 12.1 Å². The highest BCUT2D eigenvalue weighted by Gasteiger charge is 2.38. The molecule has 2 aromatic heterocycles. The minimum absolute atomic E-state index is 0.0500. The molecule has 0 aliphatic heterocycles. The van der Waals surface area contributed by atoms with Crippen LogP contribution in [0.1, 0.15) is 47.1 Å². The number of alkyl halides is 3. The summed E-state index contributed by atoms with van der Waals surface area (Å²) in [5, 5.41) is 16.0. The van der Waals surface area contributed by atoms with E-state index in [0.717, 1.165) is 31.1 Å². The van der Waals surface area contributed by atoms with Crippen LogP contribution < -0.4 is 10.5 Å². The number of anilines is 1. The number of rotatable bonds is 6. The average Bonchev–Trinajstić information content (AvgIpc) is 3.22. The molecule has 186 valence electrons. The van der Waals surface area contributed by atoms with Gasteiger partial charge in [-0.2, -0.15) is 13.2 Å². The highest BCUT2D eigenvalue weighted by molar-refractivity contribution is 5.84. The number of nitrogens with zero attached hydrogens (tertiary/aromatic N) is 3. The Balaban J connectivity index is 0.000000429. The number of ether oxygens (including phenoxy) is 1. The van der Waals surface area contributed by atoms with E-state index in [4.69, 9.17) is 29.9 Å². The van der Waals surface area contributed by atoms with Crippen molar-refractivity contribution in [2.24, 2.45) is 0 Å². The quantitative estimate of drug-likeness (QED) is 0.423. The van der Waals surface area contributed by atoms with Crippen LogP contribution in [0, 0.1) is 5.82 Å². The predicted molar refractivity (Wildman–Crippen MR) is 110 cm³/mol. The van der Waals surface area contributed by atoms with Crippen molar-refractivity contribution in [1.82, 2.24) is 15.0 Å². The van der Waals surface area contributed by atoms with Gasteiger partial charge in [-0.1, -0.05) is 12.5 Å². The number of nitrogen functional groups attached to an aromatic ring is 1. The third-order valence-electron chi connectivity index (χ3n) is 4.97. The van der Waals surface area contributed by atoms with Crippen molar-refractivity contribution in [3.8, 4) is 17.0 Å². The second-order valence-corrected chi connectivity index (χ2v) is 7.32. The van der Waals surface area contributed by atoms with Gasteiger partial charge in [0, 0.05) is 11.1 Å². The first-order valence-corrected chi connectivity index (χ1v) is 9.98. The number of hydrogen-bond donors (Lipinski definition) is 3. The predicted octanol–water partition coefficient (Wildman–Crippen LogP) is 4.03. The van der Waals surface area contributed by atoms with Crippen molar-refractivity contribution in [3.63, 3.8) is 0 Å². The van der Waals surface area contributed by atoms with Crippen LogP contribution in [-0.4, -0.2) is 43.3 Å². The van der Waals surface area contributed by atoms with Crippen molar-refractivity contribution in [2.45, 2.75) is 38.0 Å². The lowest BCUT2D eigenvalue weighted by molar-refractivity contribution is -0.192. The van der Waals surface area contributed by atoms with Gasteiger partial charge in [-0.3, -0.25) is 4.98 Å². The van der Waals surface area contributed by atoms with Crippen LogP contribution in [0.25, 0.3) is 11.3 Å². The van der Waals surface area contributed by atoms with Crippen LogP contribution in [-0.2, 0) is 11.4 Å². The molecule has 0 saturated heterocycles. The van der Waals surface area contributed by atoms with Gasteiger partial charge in [-0.15, -0.1) is 0 Å². The molecule has 14 heteroatoms. The summed E-state index contributed by atoms with van der Waals surface area (Å²) < 4.78 is 57.8. The molecule has 1 aromatic carbocycles. The summed E-state index contributed by atoms with van der Waals surface area (Å²) in [4.78, 5) is 31.7. The SMILES string of the molecule is Nc1cnc(-c2ccc(C3CCC3)c(OCc3nc(C(=O)O)co3)c2F)cn1.O=C(O)C(F)(F)F. The van der Waals surface area contributed by atoms with Gasteiger partial charge in [0.25, 0.3) is 0 Å². The number of benzene rings is 1. The monoisotopic (exact) mass is 498 g/mol. The summed E-state index contributed by atoms with van der Waals surface area (Å²) >= 11 is 0. The number of hydrogen-bond acceptors (Lipinski definition) is 8. The molecule has 35 heavy (non-hydrogen) atoms. The summed E-state index contributed by atoms with van der Waals surface area (Å²) in [6.07, 6.45) is 1.68. The Morgan fingerprint density at radius 3 is 2.34 bits per heavy atom. The minimum atomic E-state index is -5.08. The molecule has 0 atom stereocenters. The lowest BCUT2D eigenvalue weighted by Gasteiger charge is -2.28. The molecule has 4 N–H and O–H groups in total. The molecule has 2 heterocycles. The average molecular weight is 498 g/mol. The summed E-state index contributed by atoms with van der Waals surface area (Å²) in [5.74, 6) is -3.92. The molecule has 1 aliphatic carbocycles. The zero-order valence-corrected chi connectivity index (χ0v) is 17.8. The normalized spacial score (nSPS) is 13.4. The number of carboxylic acid groups (broad SMARTS) is 2. The number of oxazole rings is 1. The van der Waals surface area contributed by atoms with Crippen molar-refractivity contribution in [2.75, 3.05) is 5.73 Å². The molecular formula is C21H18F4N4O6. The van der Waals surface area contributed by atoms with Crippen LogP contribution >= 0.6 is 0 Å². The smallest absolute Gasteiger partial charge is 0.480 e. The van der Waals surface area contributed by atoms with E-state index in [1.807, 2.05) is 6.07 Å². The fraction of sp³-hybridized carbons (Fsp3) is 0.286. The molecule has 0 radical (unpaired) electrons. The van der Waals surface area contributed by atoms with Crippen molar-refractivity contribution in [1.29, 1.82) is 0 Å². The molecule has 0 spiro atoms. The van der Waals surface area contributed by atoms with Gasteiger partial charge in [0.05, 0.1) is 18.1 Å². The van der Waals surface area contributed by atoms with Crippen molar-refractivity contribution >= 4 is 17.8 Å². The van der Waals surface area contributed by atoms with Crippen molar-refractivity contribution < 1.29 is 46.5 Å². The first-order valence-electron chi connectivity index (χ1n) is 9.98. The van der Waals surface area contributed by atoms with E-state index < -0.39 is 23.9 Å². The van der Waals surface area contributed by atoms with E-state index in [9.17, 15) is 18.0 Å². The fourth-order valence-electron chi connectivity index (χ4n) is 3.04. The van der Waals surface area contributed by atoms with Crippen LogP contribution in [0.3, 0.4) is 0 Å². The molecular weight excluding hydrogens is 480 g/mol. The van der Waals surface area contributed by atoms with E-state index in [1.165, 1.54) is 12.4 Å². The zero-order valence-electron chi connectivity index (χ0n) is 17.8. The molecule has 0 unspecified atom stereocenters. The highest BCUT2D eigenvalue weighted by Crippen LogP contribution is 2.44. The Kier molecular flexibility index (Phi) is 7.52. The molecule has 4 rings (SSSR count). The largest absolute Gasteiger partial charge is 0.490 e. The Morgan fingerprint density at radius 2 is 1.86 bits per heavy atom. The van der Waals surface area contributed by atoms with Gasteiger partial charge in [0.2, 0.25) is 5.89 Å². The molecule has 1 fully saturated rings. The van der Waals surface area contributed by atoms with Crippen molar-refractivity contribution in [3.05, 3.63) is 53.8 Å². The number of aromatic carboxylic acids is 1. The number of halogens is 4. The Morgan fingerprint density at radius 1 is 1.17 bits per heavy atom. The van der Waals surface area contributed by atoms with E-state index in [1.54, 1.807) is 6.07 Å². The number of carboxylic acids is 2. The van der Waals surface area contributed by atoms with E-state index in [0.29, 0.717) is 5.69 Å². The molecule has 0 bridgehead atoms. The Bertz CT molecular complexity index is 1210. The topological polar surface area (TPSA) is 162 Å². The second kappa shape index (κ2) is 10.4. The zero-order chi connectivity index (χ0) is 25.8. The standard InChI is InChI=1S/C19H17FN4O4.C2HF3O2/c20-17-12(13-6-23-15(21)7-22-13)5-4-11(10-2-1-3-10)18(17)28-9-16-24-14(8-27-16)19(25)26;3-2(4,5)1(6)7/h4-8,10H,1-3,9H2,(H2,21,23)(H,25,26);(H,6,7). The van der Waals surface area contributed by atoms with E-state index in [2.05, 4.69) is 15.0 Å². The minimum Gasteiger partial charge on any atom is -0.480 e. The number of aromatic nitrogens is 3.